The molecular weight excluding hydrogens is 315 g/mol. The fourth-order valence-corrected chi connectivity index (χ4v) is 2.50. The van der Waals surface area contributed by atoms with Gasteiger partial charge >= 0.3 is 0 Å². The number of likely N-dealkylation sites (N-methyl/N-ethyl adjacent to an activating group) is 1. The molecule has 1 N–H and O–H groups in total. The number of benzene rings is 1. The second-order valence-electron chi connectivity index (χ2n) is 4.59. The van der Waals surface area contributed by atoms with E-state index in [4.69, 9.17) is 4.74 Å². The second-order valence-corrected chi connectivity index (χ2v) is 5.44. The Bertz CT molecular complexity index is 470. The molecular formula is C13H16BrFN2O2. The Hall–Kier alpha value is -0.980. The summed E-state index contributed by atoms with van der Waals surface area (Å²) < 4.78 is 18.9. The van der Waals surface area contributed by atoms with E-state index in [0.29, 0.717) is 23.2 Å². The second kappa shape index (κ2) is 6.45. The minimum absolute atomic E-state index is 0.00178. The standard InChI is InChI=1S/C13H16BrFN2O2/c1-17-4-5-19-10(8-17)7-16-13(18)11-3-2-9(15)6-12(11)14/h2-3,6,10H,4-5,7-8H2,1H3,(H,16,18). The molecule has 1 heterocycles. The summed E-state index contributed by atoms with van der Waals surface area (Å²) in [5, 5.41) is 2.81. The van der Waals surface area contributed by atoms with E-state index in [1.807, 2.05) is 7.05 Å². The van der Waals surface area contributed by atoms with Crippen LogP contribution in [0.3, 0.4) is 0 Å². The molecule has 104 valence electrons. The van der Waals surface area contributed by atoms with Gasteiger partial charge in [0, 0.05) is 24.1 Å². The molecule has 1 aliphatic rings. The smallest absolute Gasteiger partial charge is 0.252 e. The van der Waals surface area contributed by atoms with Crippen LogP contribution < -0.4 is 5.32 Å². The minimum atomic E-state index is -0.374. The van der Waals surface area contributed by atoms with E-state index in [1.54, 1.807) is 0 Å². The van der Waals surface area contributed by atoms with Crippen molar-refractivity contribution in [2.75, 3.05) is 33.3 Å². The molecule has 1 aliphatic heterocycles. The van der Waals surface area contributed by atoms with Crippen LogP contribution in [-0.4, -0.2) is 50.2 Å². The van der Waals surface area contributed by atoms with Crippen molar-refractivity contribution in [1.82, 2.24) is 10.2 Å². The summed E-state index contributed by atoms with van der Waals surface area (Å²) in [6.45, 7) is 2.84. The minimum Gasteiger partial charge on any atom is -0.374 e. The van der Waals surface area contributed by atoms with E-state index in [-0.39, 0.29) is 17.8 Å². The van der Waals surface area contributed by atoms with Crippen molar-refractivity contribution >= 4 is 21.8 Å². The zero-order valence-electron chi connectivity index (χ0n) is 10.7. The largest absolute Gasteiger partial charge is 0.374 e. The summed E-state index contributed by atoms with van der Waals surface area (Å²) in [5.41, 5.74) is 0.422. The van der Waals surface area contributed by atoms with Crippen LogP contribution in [0.5, 0.6) is 0 Å². The molecule has 2 rings (SSSR count). The normalized spacial score (nSPS) is 20.3. The predicted molar refractivity (Wildman–Crippen MR) is 73.7 cm³/mol. The monoisotopic (exact) mass is 330 g/mol. The van der Waals surface area contributed by atoms with Crippen molar-refractivity contribution in [2.45, 2.75) is 6.10 Å². The zero-order valence-corrected chi connectivity index (χ0v) is 12.2. The van der Waals surface area contributed by atoms with E-state index >= 15 is 0 Å². The number of carbonyl (C=O) groups is 1. The van der Waals surface area contributed by atoms with Crippen molar-refractivity contribution < 1.29 is 13.9 Å². The maximum absolute atomic E-state index is 12.9. The number of morpholine rings is 1. The Morgan fingerprint density at radius 2 is 2.42 bits per heavy atom. The van der Waals surface area contributed by atoms with Gasteiger partial charge in [-0.3, -0.25) is 4.79 Å². The Labute approximate surface area is 120 Å². The first kappa shape index (κ1) is 14.4. The summed E-state index contributed by atoms with van der Waals surface area (Å²) >= 11 is 3.18. The number of hydrogen-bond donors (Lipinski definition) is 1. The van der Waals surface area contributed by atoms with Gasteiger partial charge in [0.15, 0.2) is 0 Å². The van der Waals surface area contributed by atoms with Crippen LogP contribution in [0.25, 0.3) is 0 Å². The molecule has 1 amide bonds. The summed E-state index contributed by atoms with van der Waals surface area (Å²) in [6, 6.07) is 4.01. The topological polar surface area (TPSA) is 41.6 Å². The molecule has 0 spiro atoms. The number of amides is 1. The number of halogens is 2. The van der Waals surface area contributed by atoms with Crippen LogP contribution in [-0.2, 0) is 4.74 Å². The van der Waals surface area contributed by atoms with Crippen molar-refractivity contribution in [3.63, 3.8) is 0 Å². The molecule has 1 aromatic rings. The van der Waals surface area contributed by atoms with E-state index in [1.165, 1.54) is 18.2 Å². The average molecular weight is 331 g/mol. The Morgan fingerprint density at radius 1 is 1.63 bits per heavy atom. The van der Waals surface area contributed by atoms with Crippen molar-refractivity contribution in [3.8, 4) is 0 Å². The Morgan fingerprint density at radius 3 is 3.11 bits per heavy atom. The average Bonchev–Trinajstić information content (AvgIpc) is 2.36. The van der Waals surface area contributed by atoms with Gasteiger partial charge in [0.1, 0.15) is 5.82 Å². The van der Waals surface area contributed by atoms with Crippen molar-refractivity contribution in [2.24, 2.45) is 0 Å². The van der Waals surface area contributed by atoms with Gasteiger partial charge in [-0.15, -0.1) is 0 Å². The van der Waals surface area contributed by atoms with Gasteiger partial charge in [-0.1, -0.05) is 0 Å². The van der Waals surface area contributed by atoms with Gasteiger partial charge in [-0.05, 0) is 41.2 Å². The van der Waals surface area contributed by atoms with Gasteiger partial charge in [-0.25, -0.2) is 4.39 Å². The highest BCUT2D eigenvalue weighted by atomic mass is 79.9. The lowest BCUT2D eigenvalue weighted by molar-refractivity contribution is -0.0175. The van der Waals surface area contributed by atoms with Crippen LogP contribution in [0, 0.1) is 5.82 Å². The molecule has 0 saturated carbocycles. The summed E-state index contributed by atoms with van der Waals surface area (Å²) in [4.78, 5) is 14.1. The molecule has 0 aromatic heterocycles. The van der Waals surface area contributed by atoms with Gasteiger partial charge in [0.2, 0.25) is 0 Å². The van der Waals surface area contributed by atoms with Gasteiger partial charge < -0.3 is 15.0 Å². The fourth-order valence-electron chi connectivity index (χ4n) is 1.97. The third-order valence-electron chi connectivity index (χ3n) is 3.01. The lowest BCUT2D eigenvalue weighted by Crippen LogP contribution is -2.45. The molecule has 1 fully saturated rings. The van der Waals surface area contributed by atoms with Crippen LogP contribution in [0.4, 0.5) is 4.39 Å². The van der Waals surface area contributed by atoms with Crippen molar-refractivity contribution in [3.05, 3.63) is 34.1 Å². The Balaban J connectivity index is 1.90. The van der Waals surface area contributed by atoms with Gasteiger partial charge in [0.25, 0.3) is 5.91 Å². The highest BCUT2D eigenvalue weighted by Crippen LogP contribution is 2.17. The first-order valence-electron chi connectivity index (χ1n) is 6.09. The maximum atomic E-state index is 12.9. The third kappa shape index (κ3) is 3.99. The number of ether oxygens (including phenoxy) is 1. The molecule has 0 bridgehead atoms. The maximum Gasteiger partial charge on any atom is 0.252 e. The van der Waals surface area contributed by atoms with E-state index in [2.05, 4.69) is 26.1 Å². The van der Waals surface area contributed by atoms with Crippen LogP contribution in [0.1, 0.15) is 10.4 Å². The first-order chi connectivity index (χ1) is 9.06. The van der Waals surface area contributed by atoms with E-state index in [9.17, 15) is 9.18 Å². The number of carbonyl (C=O) groups excluding carboxylic acids is 1. The molecule has 1 aromatic carbocycles. The van der Waals surface area contributed by atoms with E-state index < -0.39 is 0 Å². The van der Waals surface area contributed by atoms with Crippen LogP contribution in [0.15, 0.2) is 22.7 Å². The number of nitrogens with one attached hydrogen (secondary N) is 1. The summed E-state index contributed by atoms with van der Waals surface area (Å²) in [6.07, 6.45) is 0.00178. The number of hydrogen-bond acceptors (Lipinski definition) is 3. The molecule has 0 radical (unpaired) electrons. The molecule has 4 nitrogen and oxygen atoms in total. The number of rotatable bonds is 3. The molecule has 19 heavy (non-hydrogen) atoms. The first-order valence-corrected chi connectivity index (χ1v) is 6.89. The fraction of sp³-hybridized carbons (Fsp3) is 0.462. The summed E-state index contributed by atoms with van der Waals surface area (Å²) in [7, 11) is 2.02. The highest BCUT2D eigenvalue weighted by molar-refractivity contribution is 9.10. The predicted octanol–water partition coefficient (Wildman–Crippen LogP) is 1.65. The molecule has 1 atom stereocenters. The lowest BCUT2D eigenvalue weighted by atomic mass is 10.2. The molecule has 0 aliphatic carbocycles. The lowest BCUT2D eigenvalue weighted by Gasteiger charge is -2.30. The highest BCUT2D eigenvalue weighted by Gasteiger charge is 2.19. The van der Waals surface area contributed by atoms with Crippen molar-refractivity contribution in [1.29, 1.82) is 0 Å². The molecule has 6 heteroatoms. The van der Waals surface area contributed by atoms with Gasteiger partial charge in [0.05, 0.1) is 18.3 Å². The zero-order chi connectivity index (χ0) is 13.8. The third-order valence-corrected chi connectivity index (χ3v) is 3.66. The quantitative estimate of drug-likeness (QED) is 0.916. The van der Waals surface area contributed by atoms with Gasteiger partial charge in [-0.2, -0.15) is 0 Å². The van der Waals surface area contributed by atoms with E-state index in [0.717, 1.165) is 13.1 Å². The molecule has 1 saturated heterocycles. The number of nitrogens with zero attached hydrogens (tertiary/aromatic N) is 1. The SMILES string of the molecule is CN1CCOC(CNC(=O)c2ccc(F)cc2Br)C1. The van der Waals surface area contributed by atoms with Crippen LogP contribution >= 0.6 is 15.9 Å². The Kier molecular flexibility index (Phi) is 4.90. The van der Waals surface area contributed by atoms with Crippen LogP contribution in [0.2, 0.25) is 0 Å². The molecule has 1 unspecified atom stereocenters. The summed E-state index contributed by atoms with van der Waals surface area (Å²) in [5.74, 6) is -0.607.